The van der Waals surface area contributed by atoms with Gasteiger partial charge in [0.15, 0.2) is 10.9 Å². The van der Waals surface area contributed by atoms with Crippen LogP contribution in [0.4, 0.5) is 5.69 Å². The number of Topliss-reactive ketones (excluding diaryl/α,β-unsaturated/α-hetero) is 1. The number of ketones is 1. The molecule has 0 N–H and O–H groups in total. The number of rotatable bonds is 7. The Balaban J connectivity index is 1.40. The fourth-order valence-electron chi connectivity index (χ4n) is 4.10. The largest absolute Gasteiger partial charge is 0.492 e. The van der Waals surface area contributed by atoms with Gasteiger partial charge in [0.25, 0.3) is 0 Å². The molecule has 0 saturated carbocycles. The van der Waals surface area contributed by atoms with Gasteiger partial charge < -0.3 is 9.64 Å². The number of ether oxygens (including phenoxy) is 1. The van der Waals surface area contributed by atoms with Gasteiger partial charge in [-0.3, -0.25) is 14.3 Å². The van der Waals surface area contributed by atoms with Gasteiger partial charge in [0.2, 0.25) is 0 Å². The molecule has 158 valence electrons. The molecule has 0 spiro atoms. The predicted octanol–water partition coefficient (Wildman–Crippen LogP) is 3.95. The van der Waals surface area contributed by atoms with E-state index in [1.54, 1.807) is 17.5 Å². The molecule has 4 rings (SSSR count). The number of benzene rings is 1. The number of hydrogen-bond donors (Lipinski definition) is 0. The Morgan fingerprint density at radius 3 is 2.63 bits per heavy atom. The zero-order valence-electron chi connectivity index (χ0n) is 17.8. The number of carbonyl (C=O) groups excluding carboxylic acids is 1. The van der Waals surface area contributed by atoms with Crippen molar-refractivity contribution < 1.29 is 9.53 Å². The number of aryl methyl sites for hydroxylation is 1. The first-order valence-electron chi connectivity index (χ1n) is 10.4. The van der Waals surface area contributed by atoms with Crippen molar-refractivity contribution in [1.82, 2.24) is 14.5 Å². The van der Waals surface area contributed by atoms with Crippen LogP contribution in [0.2, 0.25) is 0 Å². The smallest absolute Gasteiger partial charge is 0.193 e. The zero-order chi connectivity index (χ0) is 21.1. The number of piperazine rings is 1. The Bertz CT molecular complexity index is 1000. The maximum Gasteiger partial charge on any atom is 0.193 e. The third-order valence-electron chi connectivity index (χ3n) is 5.59. The van der Waals surface area contributed by atoms with Gasteiger partial charge in [-0.05, 0) is 39.0 Å². The maximum absolute atomic E-state index is 13.1. The van der Waals surface area contributed by atoms with Crippen molar-refractivity contribution in [3.05, 3.63) is 58.9 Å². The molecular formula is C23H28N4O2S. The molecule has 0 atom stereocenters. The minimum Gasteiger partial charge on any atom is -0.492 e. The van der Waals surface area contributed by atoms with Crippen molar-refractivity contribution >= 4 is 22.8 Å². The average Bonchev–Trinajstić information content (AvgIpc) is 3.37. The number of hydrogen-bond acceptors (Lipinski definition) is 6. The Kier molecular flexibility index (Phi) is 6.20. The normalized spacial score (nSPS) is 14.8. The van der Waals surface area contributed by atoms with E-state index in [9.17, 15) is 4.79 Å². The van der Waals surface area contributed by atoms with E-state index in [0.29, 0.717) is 13.2 Å². The minimum absolute atomic E-state index is 0.175. The van der Waals surface area contributed by atoms with Crippen LogP contribution < -0.4 is 9.64 Å². The summed E-state index contributed by atoms with van der Waals surface area (Å²) in [5, 5.41) is 2.87. The third-order valence-corrected chi connectivity index (χ3v) is 6.34. The van der Waals surface area contributed by atoms with E-state index in [4.69, 9.17) is 4.74 Å². The molecule has 0 unspecified atom stereocenters. The topological polar surface area (TPSA) is 50.6 Å². The van der Waals surface area contributed by atoms with Crippen LogP contribution in [0.3, 0.4) is 0 Å². The fraction of sp³-hybridized carbons (Fsp3) is 0.391. The monoisotopic (exact) mass is 424 g/mol. The number of carbonyl (C=O) groups is 1. The third kappa shape index (κ3) is 4.13. The van der Waals surface area contributed by atoms with Crippen LogP contribution in [0.5, 0.6) is 5.75 Å². The summed E-state index contributed by atoms with van der Waals surface area (Å²) in [6.45, 7) is 10.6. The van der Waals surface area contributed by atoms with Crippen LogP contribution in [0.15, 0.2) is 41.9 Å². The van der Waals surface area contributed by atoms with Crippen molar-refractivity contribution in [2.75, 3.05) is 44.2 Å². The second-order valence-corrected chi connectivity index (χ2v) is 8.40. The Morgan fingerprint density at radius 2 is 1.93 bits per heavy atom. The lowest BCUT2D eigenvalue weighted by Crippen LogP contribution is -2.48. The average molecular weight is 425 g/mol. The molecule has 30 heavy (non-hydrogen) atoms. The Morgan fingerprint density at radius 1 is 1.17 bits per heavy atom. The molecule has 2 aromatic heterocycles. The molecule has 3 heterocycles. The summed E-state index contributed by atoms with van der Waals surface area (Å²) < 4.78 is 7.85. The quantitative estimate of drug-likeness (QED) is 0.538. The fourth-order valence-corrected chi connectivity index (χ4v) is 4.85. The standard InChI is InChI=1S/C23H28N4O2S/c1-4-29-22-8-6-5-7-20(22)26-12-10-25(11-13-26)16-21(28)19-15-17(2)27(18(19)3)23-24-9-14-30-23/h5-9,14-15H,4,10-13,16H2,1-3H3. The molecular weight excluding hydrogens is 396 g/mol. The van der Waals surface area contributed by atoms with Gasteiger partial charge in [0, 0.05) is 54.7 Å². The minimum atomic E-state index is 0.175. The Labute approximate surface area is 181 Å². The zero-order valence-corrected chi connectivity index (χ0v) is 18.6. The predicted molar refractivity (Wildman–Crippen MR) is 122 cm³/mol. The maximum atomic E-state index is 13.1. The summed E-state index contributed by atoms with van der Waals surface area (Å²) >= 11 is 1.58. The summed E-state index contributed by atoms with van der Waals surface area (Å²) in [7, 11) is 0. The molecule has 0 amide bonds. The van der Waals surface area contributed by atoms with E-state index in [1.165, 1.54) is 0 Å². The highest BCUT2D eigenvalue weighted by Gasteiger charge is 2.24. The van der Waals surface area contributed by atoms with E-state index in [2.05, 4.69) is 25.4 Å². The van der Waals surface area contributed by atoms with E-state index >= 15 is 0 Å². The van der Waals surface area contributed by atoms with Gasteiger partial charge in [-0.2, -0.15) is 0 Å². The van der Waals surface area contributed by atoms with Crippen molar-refractivity contribution in [2.24, 2.45) is 0 Å². The second-order valence-electron chi connectivity index (χ2n) is 7.52. The van der Waals surface area contributed by atoms with Gasteiger partial charge in [0.1, 0.15) is 5.75 Å². The van der Waals surface area contributed by atoms with Gasteiger partial charge in [-0.15, -0.1) is 11.3 Å². The van der Waals surface area contributed by atoms with Gasteiger partial charge in [-0.25, -0.2) is 4.98 Å². The van der Waals surface area contributed by atoms with Gasteiger partial charge in [-0.1, -0.05) is 12.1 Å². The molecule has 1 aliphatic rings. The molecule has 1 fully saturated rings. The summed E-state index contributed by atoms with van der Waals surface area (Å²) in [5.74, 6) is 1.10. The van der Waals surface area contributed by atoms with Crippen LogP contribution in [-0.4, -0.2) is 59.6 Å². The SMILES string of the molecule is CCOc1ccccc1N1CCN(CC(=O)c2cc(C)n(-c3nccs3)c2C)CC1. The second kappa shape index (κ2) is 9.02. The highest BCUT2D eigenvalue weighted by atomic mass is 32.1. The first kappa shape index (κ1) is 20.6. The van der Waals surface area contributed by atoms with Gasteiger partial charge in [0.05, 0.1) is 18.8 Å². The molecule has 1 aliphatic heterocycles. The van der Waals surface area contributed by atoms with Crippen LogP contribution in [0.1, 0.15) is 28.7 Å². The summed E-state index contributed by atoms with van der Waals surface area (Å²) in [4.78, 5) is 22.0. The van der Waals surface area contributed by atoms with E-state index in [0.717, 1.165) is 59.7 Å². The summed E-state index contributed by atoms with van der Waals surface area (Å²) in [6, 6.07) is 10.2. The highest BCUT2D eigenvalue weighted by Crippen LogP contribution is 2.29. The number of nitrogens with zero attached hydrogens (tertiary/aromatic N) is 4. The first-order valence-corrected chi connectivity index (χ1v) is 11.3. The van der Waals surface area contributed by atoms with Crippen molar-refractivity contribution in [2.45, 2.75) is 20.8 Å². The molecule has 0 aliphatic carbocycles. The first-order chi connectivity index (χ1) is 14.6. The number of thiazole rings is 1. The Hall–Kier alpha value is -2.64. The van der Waals surface area contributed by atoms with Crippen molar-refractivity contribution in [3.63, 3.8) is 0 Å². The molecule has 1 aromatic carbocycles. The molecule has 0 bridgehead atoms. The van der Waals surface area contributed by atoms with Crippen LogP contribution >= 0.6 is 11.3 Å². The van der Waals surface area contributed by atoms with E-state index in [-0.39, 0.29) is 5.78 Å². The lowest BCUT2D eigenvalue weighted by atomic mass is 10.1. The van der Waals surface area contributed by atoms with Crippen LogP contribution in [0, 0.1) is 13.8 Å². The van der Waals surface area contributed by atoms with E-state index < -0.39 is 0 Å². The molecule has 0 radical (unpaired) electrons. The van der Waals surface area contributed by atoms with Crippen molar-refractivity contribution in [1.29, 1.82) is 0 Å². The molecule has 7 heteroatoms. The van der Waals surface area contributed by atoms with Crippen LogP contribution in [0.25, 0.3) is 5.13 Å². The number of para-hydroxylation sites is 2. The van der Waals surface area contributed by atoms with E-state index in [1.807, 2.05) is 50.4 Å². The molecule has 1 saturated heterocycles. The lowest BCUT2D eigenvalue weighted by molar-refractivity contribution is 0.0925. The van der Waals surface area contributed by atoms with Crippen molar-refractivity contribution in [3.8, 4) is 10.9 Å². The van der Waals surface area contributed by atoms with Crippen LogP contribution in [-0.2, 0) is 0 Å². The highest BCUT2D eigenvalue weighted by molar-refractivity contribution is 7.12. The number of anilines is 1. The number of aromatic nitrogens is 2. The summed E-state index contributed by atoms with van der Waals surface area (Å²) in [5.41, 5.74) is 3.95. The lowest BCUT2D eigenvalue weighted by Gasteiger charge is -2.36. The van der Waals surface area contributed by atoms with Gasteiger partial charge >= 0.3 is 0 Å². The molecule has 6 nitrogen and oxygen atoms in total. The molecule has 3 aromatic rings. The summed E-state index contributed by atoms with van der Waals surface area (Å²) in [6.07, 6.45) is 1.80.